The van der Waals surface area contributed by atoms with Gasteiger partial charge in [-0.1, -0.05) is 18.7 Å². The molecular formula is C12H13NO4S. The van der Waals surface area contributed by atoms with Crippen molar-refractivity contribution in [3.05, 3.63) is 45.0 Å². The summed E-state index contributed by atoms with van der Waals surface area (Å²) >= 11 is 1.11. The van der Waals surface area contributed by atoms with Gasteiger partial charge in [0.2, 0.25) is 0 Å². The number of nitro groups is 1. The van der Waals surface area contributed by atoms with Crippen molar-refractivity contribution in [3.63, 3.8) is 0 Å². The number of ketones is 1. The van der Waals surface area contributed by atoms with Crippen LogP contribution in [0.25, 0.3) is 0 Å². The van der Waals surface area contributed by atoms with Crippen LogP contribution >= 0.6 is 11.8 Å². The van der Waals surface area contributed by atoms with Gasteiger partial charge < -0.3 is 5.11 Å². The number of hydrogen-bond acceptors (Lipinski definition) is 5. The van der Waals surface area contributed by atoms with Crippen molar-refractivity contribution in [1.82, 2.24) is 0 Å². The number of thioether (sulfide) groups is 1. The quantitative estimate of drug-likeness (QED) is 0.290. The van der Waals surface area contributed by atoms with Crippen LogP contribution in [-0.2, 0) is 4.79 Å². The lowest BCUT2D eigenvalue weighted by molar-refractivity contribution is -0.384. The Balaban J connectivity index is 2.96. The predicted molar refractivity (Wildman–Crippen MR) is 69.6 cm³/mol. The van der Waals surface area contributed by atoms with Gasteiger partial charge in [-0.3, -0.25) is 14.9 Å². The van der Waals surface area contributed by atoms with Gasteiger partial charge in [-0.25, -0.2) is 0 Å². The first-order valence-electron chi connectivity index (χ1n) is 5.31. The van der Waals surface area contributed by atoms with Crippen molar-refractivity contribution in [2.75, 3.05) is 0 Å². The van der Waals surface area contributed by atoms with E-state index in [9.17, 15) is 20.0 Å². The Labute approximate surface area is 109 Å². The fourth-order valence-corrected chi connectivity index (χ4v) is 2.16. The number of carbonyl (C=O) groups excluding carboxylic acids is 1. The molecule has 6 heteroatoms. The number of Topliss-reactive ketones (excluding diaryl/α,β-unsaturated/α-hetero) is 1. The molecule has 0 radical (unpaired) electrons. The smallest absolute Gasteiger partial charge is 0.269 e. The number of allylic oxidation sites excluding steroid dienone is 2. The van der Waals surface area contributed by atoms with Gasteiger partial charge in [0.15, 0.2) is 5.78 Å². The Hall–Kier alpha value is -1.82. The summed E-state index contributed by atoms with van der Waals surface area (Å²) in [6.45, 7) is 3.12. The minimum atomic E-state index is -0.486. The van der Waals surface area contributed by atoms with Gasteiger partial charge in [0.1, 0.15) is 5.76 Å². The summed E-state index contributed by atoms with van der Waals surface area (Å²) in [6, 6.07) is 5.83. The molecule has 0 aliphatic rings. The van der Waals surface area contributed by atoms with Gasteiger partial charge in [-0.2, -0.15) is 0 Å². The normalized spacial score (nSPS) is 11.9. The Bertz CT molecular complexity index is 493. The summed E-state index contributed by atoms with van der Waals surface area (Å²) < 4.78 is 0. The SMILES string of the molecule is CC/C(O)=C(/Sc1ccc([N+](=O)[O-])cc1)C(C)=O. The number of nitrogens with zero attached hydrogens (tertiary/aromatic N) is 1. The van der Waals surface area contributed by atoms with E-state index in [0.29, 0.717) is 11.3 Å². The summed E-state index contributed by atoms with van der Waals surface area (Å²) in [5.74, 6) is -0.191. The molecule has 0 heterocycles. The molecule has 1 aromatic rings. The maximum absolute atomic E-state index is 11.4. The summed E-state index contributed by atoms with van der Waals surface area (Å²) in [7, 11) is 0. The second-order valence-electron chi connectivity index (χ2n) is 3.54. The number of carbonyl (C=O) groups is 1. The molecule has 1 N–H and O–H groups in total. The summed E-state index contributed by atoms with van der Waals surface area (Å²) in [6.07, 6.45) is 0.370. The molecular weight excluding hydrogens is 254 g/mol. The van der Waals surface area contributed by atoms with Crippen molar-refractivity contribution in [1.29, 1.82) is 0 Å². The second kappa shape index (κ2) is 6.20. The van der Waals surface area contributed by atoms with E-state index in [1.807, 2.05) is 0 Å². The summed E-state index contributed by atoms with van der Waals surface area (Å²) in [5.41, 5.74) is -0.00702. The molecule has 5 nitrogen and oxygen atoms in total. The lowest BCUT2D eigenvalue weighted by Crippen LogP contribution is -1.97. The monoisotopic (exact) mass is 267 g/mol. The molecule has 18 heavy (non-hydrogen) atoms. The third-order valence-corrected chi connectivity index (χ3v) is 3.42. The summed E-state index contributed by atoms with van der Waals surface area (Å²) in [4.78, 5) is 22.3. The molecule has 0 saturated heterocycles. The molecule has 0 aliphatic heterocycles. The molecule has 1 rings (SSSR count). The van der Waals surface area contributed by atoms with Crippen molar-refractivity contribution >= 4 is 23.2 Å². The van der Waals surface area contributed by atoms with Crippen molar-refractivity contribution in [2.24, 2.45) is 0 Å². The number of nitro benzene ring substituents is 1. The van der Waals surface area contributed by atoms with Crippen molar-refractivity contribution in [3.8, 4) is 0 Å². The Morgan fingerprint density at radius 3 is 2.33 bits per heavy atom. The number of non-ortho nitro benzene ring substituents is 1. The molecule has 0 fully saturated rings. The van der Waals surface area contributed by atoms with E-state index in [0.717, 1.165) is 11.8 Å². The van der Waals surface area contributed by atoms with Crippen LogP contribution in [0.2, 0.25) is 0 Å². The predicted octanol–water partition coefficient (Wildman–Crippen LogP) is 3.46. The van der Waals surface area contributed by atoms with E-state index in [1.54, 1.807) is 19.1 Å². The van der Waals surface area contributed by atoms with E-state index in [1.165, 1.54) is 19.1 Å². The second-order valence-corrected chi connectivity index (χ2v) is 4.62. The van der Waals surface area contributed by atoms with Crippen LogP contribution in [0.3, 0.4) is 0 Å². The summed E-state index contributed by atoms with van der Waals surface area (Å²) in [5, 5.41) is 20.1. The Kier molecular flexibility index (Phi) is 4.91. The van der Waals surface area contributed by atoms with E-state index in [2.05, 4.69) is 0 Å². The molecule has 0 bridgehead atoms. The van der Waals surface area contributed by atoms with Crippen LogP contribution in [0.4, 0.5) is 5.69 Å². The van der Waals surface area contributed by atoms with E-state index in [4.69, 9.17) is 0 Å². The van der Waals surface area contributed by atoms with Gasteiger partial charge in [0, 0.05) is 23.4 Å². The van der Waals surface area contributed by atoms with Crippen molar-refractivity contribution in [2.45, 2.75) is 25.2 Å². The highest BCUT2D eigenvalue weighted by Crippen LogP contribution is 2.30. The van der Waals surface area contributed by atoms with E-state index < -0.39 is 4.92 Å². The van der Waals surface area contributed by atoms with E-state index in [-0.39, 0.29) is 22.1 Å². The Morgan fingerprint density at radius 1 is 1.39 bits per heavy atom. The third kappa shape index (κ3) is 3.59. The molecule has 96 valence electrons. The van der Waals surface area contributed by atoms with Crippen LogP contribution in [-0.4, -0.2) is 15.8 Å². The number of hydrogen-bond donors (Lipinski definition) is 1. The highest BCUT2D eigenvalue weighted by atomic mass is 32.2. The molecule has 0 atom stereocenters. The molecule has 0 saturated carbocycles. The standard InChI is InChI=1S/C12H13NO4S/c1-3-11(15)12(8(2)14)18-10-6-4-9(5-7-10)13(16)17/h4-7,15H,3H2,1-2H3/b12-11-. The zero-order chi connectivity index (χ0) is 13.7. The fourth-order valence-electron chi connectivity index (χ4n) is 1.25. The third-order valence-electron chi connectivity index (χ3n) is 2.18. The molecule has 0 unspecified atom stereocenters. The number of rotatable bonds is 5. The minimum absolute atomic E-state index is 0.00702. The lowest BCUT2D eigenvalue weighted by Gasteiger charge is -2.06. The average molecular weight is 267 g/mol. The fraction of sp³-hybridized carbons (Fsp3) is 0.250. The van der Waals surface area contributed by atoms with Crippen LogP contribution in [0, 0.1) is 10.1 Å². The largest absolute Gasteiger partial charge is 0.511 e. The maximum atomic E-state index is 11.4. The van der Waals surface area contributed by atoms with Gasteiger partial charge in [-0.05, 0) is 19.1 Å². The number of aliphatic hydroxyl groups excluding tert-OH is 1. The first kappa shape index (κ1) is 14.2. The van der Waals surface area contributed by atoms with Crippen LogP contribution in [0.1, 0.15) is 20.3 Å². The molecule has 0 aliphatic carbocycles. The van der Waals surface area contributed by atoms with Crippen LogP contribution in [0.15, 0.2) is 39.8 Å². The zero-order valence-electron chi connectivity index (χ0n) is 10.0. The zero-order valence-corrected chi connectivity index (χ0v) is 10.9. The van der Waals surface area contributed by atoms with Crippen LogP contribution < -0.4 is 0 Å². The lowest BCUT2D eigenvalue weighted by atomic mass is 10.3. The molecule has 0 amide bonds. The van der Waals surface area contributed by atoms with Gasteiger partial charge in [-0.15, -0.1) is 0 Å². The maximum Gasteiger partial charge on any atom is 0.269 e. The average Bonchev–Trinajstić information content (AvgIpc) is 2.35. The Morgan fingerprint density at radius 2 is 1.94 bits per heavy atom. The number of benzene rings is 1. The minimum Gasteiger partial charge on any atom is -0.511 e. The first-order valence-corrected chi connectivity index (χ1v) is 6.12. The van der Waals surface area contributed by atoms with E-state index >= 15 is 0 Å². The van der Waals surface area contributed by atoms with Gasteiger partial charge in [0.05, 0.1) is 9.83 Å². The molecule has 0 spiro atoms. The first-order chi connectivity index (χ1) is 8.45. The molecule has 1 aromatic carbocycles. The van der Waals surface area contributed by atoms with Gasteiger partial charge in [0.25, 0.3) is 5.69 Å². The highest BCUT2D eigenvalue weighted by Gasteiger charge is 2.13. The van der Waals surface area contributed by atoms with Crippen molar-refractivity contribution < 1.29 is 14.8 Å². The number of aliphatic hydroxyl groups is 1. The van der Waals surface area contributed by atoms with Gasteiger partial charge >= 0.3 is 0 Å². The topological polar surface area (TPSA) is 80.4 Å². The van der Waals surface area contributed by atoms with Crippen LogP contribution in [0.5, 0.6) is 0 Å². The highest BCUT2D eigenvalue weighted by molar-refractivity contribution is 8.04. The molecule has 0 aromatic heterocycles.